The maximum Gasteiger partial charge on any atom is 0.132 e. The van der Waals surface area contributed by atoms with Crippen LogP contribution in [0.1, 0.15) is 36.7 Å². The van der Waals surface area contributed by atoms with Crippen LogP contribution in [-0.4, -0.2) is 73.9 Å². The number of piperidine rings is 1. The summed E-state index contributed by atoms with van der Waals surface area (Å²) in [5, 5.41) is 3.48. The summed E-state index contributed by atoms with van der Waals surface area (Å²) in [5.41, 5.74) is 1.25. The lowest BCUT2D eigenvalue weighted by Gasteiger charge is -2.34. The van der Waals surface area contributed by atoms with Crippen LogP contribution in [0.5, 0.6) is 0 Å². The topological polar surface area (TPSA) is 53.5 Å². The van der Waals surface area contributed by atoms with Crippen molar-refractivity contribution in [3.63, 3.8) is 0 Å². The molecule has 3 aliphatic heterocycles. The van der Waals surface area contributed by atoms with Crippen molar-refractivity contribution in [2.24, 2.45) is 5.92 Å². The molecule has 0 amide bonds. The quantitative estimate of drug-likeness (QED) is 0.891. The molecule has 3 aliphatic rings. The van der Waals surface area contributed by atoms with E-state index in [1.807, 2.05) is 6.92 Å². The highest BCUT2D eigenvalue weighted by Crippen LogP contribution is 2.29. The smallest absolute Gasteiger partial charge is 0.132 e. The van der Waals surface area contributed by atoms with Crippen LogP contribution in [0.15, 0.2) is 6.07 Å². The first-order valence-electron chi connectivity index (χ1n) is 9.89. The molecule has 0 saturated carbocycles. The van der Waals surface area contributed by atoms with Crippen molar-refractivity contribution in [2.45, 2.75) is 32.1 Å². The maximum atomic E-state index is 5.47. The van der Waals surface area contributed by atoms with Gasteiger partial charge in [-0.05, 0) is 58.3 Å². The summed E-state index contributed by atoms with van der Waals surface area (Å²) in [6, 6.07) is 2.24. The van der Waals surface area contributed by atoms with E-state index in [0.717, 1.165) is 43.9 Å². The summed E-state index contributed by atoms with van der Waals surface area (Å²) in [5.74, 6) is 3.42. The number of ether oxygens (including phenoxy) is 1. The minimum absolute atomic E-state index is 0.583. The van der Waals surface area contributed by atoms with E-state index < -0.39 is 0 Å². The van der Waals surface area contributed by atoms with E-state index in [4.69, 9.17) is 9.72 Å². The molecule has 6 nitrogen and oxygen atoms in total. The Hall–Kier alpha value is -1.24. The van der Waals surface area contributed by atoms with Crippen LogP contribution in [0.4, 0.5) is 5.82 Å². The highest BCUT2D eigenvalue weighted by atomic mass is 16.5. The van der Waals surface area contributed by atoms with Gasteiger partial charge in [0.05, 0.1) is 13.2 Å². The highest BCUT2D eigenvalue weighted by Gasteiger charge is 2.26. The van der Waals surface area contributed by atoms with Crippen molar-refractivity contribution in [1.82, 2.24) is 20.2 Å². The number of aryl methyl sites for hydroxylation is 1. The largest absolute Gasteiger partial charge is 0.378 e. The molecule has 4 rings (SSSR count). The van der Waals surface area contributed by atoms with Crippen molar-refractivity contribution in [3.05, 3.63) is 17.6 Å². The van der Waals surface area contributed by atoms with Crippen LogP contribution in [0, 0.1) is 12.8 Å². The van der Waals surface area contributed by atoms with E-state index in [1.54, 1.807) is 0 Å². The number of aromatic nitrogens is 2. The van der Waals surface area contributed by atoms with Crippen molar-refractivity contribution < 1.29 is 4.74 Å². The van der Waals surface area contributed by atoms with Crippen molar-refractivity contribution in [2.75, 3.05) is 63.9 Å². The SMILES string of the molecule is Cc1nc(C2CCN(C[C@@H]3CCNC3)CC2)cc(N2CCOCC2)n1. The van der Waals surface area contributed by atoms with E-state index in [-0.39, 0.29) is 0 Å². The predicted molar refractivity (Wildman–Crippen MR) is 99.2 cm³/mol. The lowest BCUT2D eigenvalue weighted by atomic mass is 9.92. The molecule has 25 heavy (non-hydrogen) atoms. The third-order valence-electron chi connectivity index (χ3n) is 5.86. The fourth-order valence-corrected chi connectivity index (χ4v) is 4.38. The standard InChI is InChI=1S/C19H31N5O/c1-15-21-18(12-19(22-15)24-8-10-25-11-9-24)17-3-6-23(7-4-17)14-16-2-5-20-13-16/h12,16-17,20H,2-11,13-14H2,1H3/t16-/m1/s1. The van der Waals surface area contributed by atoms with E-state index in [1.165, 1.54) is 57.7 Å². The zero-order valence-electron chi connectivity index (χ0n) is 15.4. The Kier molecular flexibility index (Phi) is 5.48. The Balaban J connectivity index is 1.37. The molecule has 1 atom stereocenters. The van der Waals surface area contributed by atoms with Crippen molar-refractivity contribution in [1.29, 1.82) is 0 Å². The number of hydrogen-bond acceptors (Lipinski definition) is 6. The predicted octanol–water partition coefficient (Wildman–Crippen LogP) is 1.41. The molecule has 3 saturated heterocycles. The number of nitrogens with zero attached hydrogens (tertiary/aromatic N) is 4. The molecule has 0 aliphatic carbocycles. The zero-order chi connectivity index (χ0) is 17.1. The van der Waals surface area contributed by atoms with Gasteiger partial charge in [0, 0.05) is 37.3 Å². The highest BCUT2D eigenvalue weighted by molar-refractivity contribution is 5.41. The molecule has 0 aromatic carbocycles. The summed E-state index contributed by atoms with van der Waals surface area (Å²) in [6.07, 6.45) is 3.78. The maximum absolute atomic E-state index is 5.47. The lowest BCUT2D eigenvalue weighted by molar-refractivity contribution is 0.122. The van der Waals surface area contributed by atoms with Gasteiger partial charge in [0.2, 0.25) is 0 Å². The second-order valence-corrected chi connectivity index (χ2v) is 7.73. The Morgan fingerprint density at radius 1 is 1.12 bits per heavy atom. The van der Waals surface area contributed by atoms with E-state index >= 15 is 0 Å². The second kappa shape index (κ2) is 7.98. The van der Waals surface area contributed by atoms with Gasteiger partial charge in [-0.3, -0.25) is 0 Å². The summed E-state index contributed by atoms with van der Waals surface area (Å²) in [7, 11) is 0. The third-order valence-corrected chi connectivity index (χ3v) is 5.86. The molecular formula is C19H31N5O. The summed E-state index contributed by atoms with van der Waals surface area (Å²) >= 11 is 0. The normalized spacial score (nSPS) is 26.3. The minimum Gasteiger partial charge on any atom is -0.378 e. The number of likely N-dealkylation sites (tertiary alicyclic amines) is 1. The molecule has 138 valence electrons. The van der Waals surface area contributed by atoms with Crippen LogP contribution in [0.3, 0.4) is 0 Å². The molecular weight excluding hydrogens is 314 g/mol. The van der Waals surface area contributed by atoms with Gasteiger partial charge in [-0.25, -0.2) is 9.97 Å². The van der Waals surface area contributed by atoms with Crippen LogP contribution in [0.2, 0.25) is 0 Å². The van der Waals surface area contributed by atoms with E-state index in [9.17, 15) is 0 Å². The average molecular weight is 345 g/mol. The van der Waals surface area contributed by atoms with Gasteiger partial charge in [-0.15, -0.1) is 0 Å². The Morgan fingerprint density at radius 2 is 1.92 bits per heavy atom. The zero-order valence-corrected chi connectivity index (χ0v) is 15.4. The number of morpholine rings is 1. The van der Waals surface area contributed by atoms with Gasteiger partial charge in [0.15, 0.2) is 0 Å². The molecule has 0 spiro atoms. The van der Waals surface area contributed by atoms with E-state index in [0.29, 0.717) is 5.92 Å². The van der Waals surface area contributed by atoms with Gasteiger partial charge >= 0.3 is 0 Å². The van der Waals surface area contributed by atoms with Crippen LogP contribution in [0.25, 0.3) is 0 Å². The van der Waals surface area contributed by atoms with Crippen molar-refractivity contribution >= 4 is 5.82 Å². The fraction of sp³-hybridized carbons (Fsp3) is 0.789. The number of rotatable bonds is 4. The molecule has 0 radical (unpaired) electrons. The van der Waals surface area contributed by atoms with Gasteiger partial charge in [-0.1, -0.05) is 0 Å². The summed E-state index contributed by atoms with van der Waals surface area (Å²) < 4.78 is 5.47. The fourth-order valence-electron chi connectivity index (χ4n) is 4.38. The molecule has 0 unspecified atom stereocenters. The molecule has 6 heteroatoms. The van der Waals surface area contributed by atoms with Crippen molar-refractivity contribution in [3.8, 4) is 0 Å². The van der Waals surface area contributed by atoms with Crippen LogP contribution >= 0.6 is 0 Å². The van der Waals surface area contributed by atoms with Gasteiger partial charge in [0.25, 0.3) is 0 Å². The van der Waals surface area contributed by atoms with Crippen LogP contribution in [-0.2, 0) is 4.74 Å². The molecule has 0 bridgehead atoms. The molecule has 3 fully saturated rings. The van der Waals surface area contributed by atoms with Crippen LogP contribution < -0.4 is 10.2 Å². The van der Waals surface area contributed by atoms with Gasteiger partial charge in [0.1, 0.15) is 11.6 Å². The molecule has 1 N–H and O–H groups in total. The number of nitrogens with one attached hydrogen (secondary N) is 1. The van der Waals surface area contributed by atoms with Gasteiger partial charge in [-0.2, -0.15) is 0 Å². The first kappa shape index (κ1) is 17.2. The molecule has 4 heterocycles. The number of hydrogen-bond donors (Lipinski definition) is 1. The first-order chi connectivity index (χ1) is 12.3. The minimum atomic E-state index is 0.583. The Labute approximate surface area is 151 Å². The summed E-state index contributed by atoms with van der Waals surface area (Å²) in [4.78, 5) is 14.5. The molecule has 1 aromatic rings. The third kappa shape index (κ3) is 4.30. The monoisotopic (exact) mass is 345 g/mol. The Bertz CT molecular complexity index is 561. The molecule has 1 aromatic heterocycles. The first-order valence-corrected chi connectivity index (χ1v) is 9.89. The summed E-state index contributed by atoms with van der Waals surface area (Å²) in [6.45, 7) is 11.6. The Morgan fingerprint density at radius 3 is 2.64 bits per heavy atom. The number of anilines is 1. The second-order valence-electron chi connectivity index (χ2n) is 7.73. The van der Waals surface area contributed by atoms with Gasteiger partial charge < -0.3 is 19.9 Å². The average Bonchev–Trinajstić information content (AvgIpc) is 3.16. The van der Waals surface area contributed by atoms with E-state index in [2.05, 4.69) is 26.2 Å². The lowest BCUT2D eigenvalue weighted by Crippen LogP contribution is -2.38.